The molecular weight excluding hydrogens is 52.0 g/mol. The van der Waals surface area contributed by atoms with E-state index in [1.54, 1.807) is 0 Å². The number of aliphatic hydroxyl groups excluding tert-OH is 1. The van der Waals surface area contributed by atoms with E-state index in [1.165, 1.54) is 6.08 Å². The van der Waals surface area contributed by atoms with E-state index in [9.17, 15) is 0 Å². The Morgan fingerprint density at radius 3 is 2.25 bits per heavy atom. The van der Waals surface area contributed by atoms with Crippen molar-refractivity contribution < 1.29 is 5.11 Å². The lowest BCUT2D eigenvalue weighted by atomic mass is 10.7. The first-order valence-corrected chi connectivity index (χ1v) is 1.000. The van der Waals surface area contributed by atoms with Gasteiger partial charge in [-0.15, -0.1) is 6.61 Å². The first kappa shape index (κ1) is 3.57. The van der Waals surface area contributed by atoms with Crippen molar-refractivity contribution in [2.75, 3.05) is 0 Å². The van der Waals surface area contributed by atoms with Gasteiger partial charge < -0.3 is 5.11 Å². The average Bonchev–Trinajstić information content (AvgIpc) is 1.37. The van der Waals surface area contributed by atoms with E-state index >= 15 is 0 Å². The van der Waals surface area contributed by atoms with Gasteiger partial charge in [-0.3, -0.25) is 0 Å². The molecular formula is C3H5O-. The second kappa shape index (κ2) is 2.57. The van der Waals surface area contributed by atoms with E-state index in [-0.39, 0.29) is 0 Å². The highest BCUT2D eigenvalue weighted by Crippen LogP contribution is 1.57. The van der Waals surface area contributed by atoms with Gasteiger partial charge >= 0.3 is 0 Å². The van der Waals surface area contributed by atoms with Crippen molar-refractivity contribution in [1.29, 1.82) is 0 Å². The summed E-state index contributed by atoms with van der Waals surface area (Å²) in [4.78, 5) is 0. The molecule has 0 saturated carbocycles. The molecule has 0 rings (SSSR count). The number of rotatable bonds is 1. The third-order valence-electron chi connectivity index (χ3n) is 0.105. The zero-order valence-electron chi connectivity index (χ0n) is 2.31. The van der Waals surface area contributed by atoms with Crippen molar-refractivity contribution in [3.63, 3.8) is 0 Å². The highest BCUT2D eigenvalue weighted by atomic mass is 16.2. The quantitative estimate of drug-likeness (QED) is 0.439. The van der Waals surface area contributed by atoms with Crippen LogP contribution in [0.4, 0.5) is 0 Å². The molecule has 0 aliphatic heterocycles. The predicted octanol–water partition coefficient (Wildman–Crippen LogP) is 0.707. The van der Waals surface area contributed by atoms with Gasteiger partial charge in [0.05, 0.1) is 0 Å². The van der Waals surface area contributed by atoms with Crippen LogP contribution in [0.1, 0.15) is 0 Å². The van der Waals surface area contributed by atoms with Crippen LogP contribution in [0.3, 0.4) is 0 Å². The Hall–Kier alpha value is -0.430. The third kappa shape index (κ3) is 1.57. The molecule has 4 heavy (non-hydrogen) atoms. The summed E-state index contributed by atoms with van der Waals surface area (Å²) >= 11 is 0. The lowest BCUT2D eigenvalue weighted by molar-refractivity contribution is 0.421. The summed E-state index contributed by atoms with van der Waals surface area (Å²) in [5.41, 5.74) is 0. The second-order valence-corrected chi connectivity index (χ2v) is 0.385. The fourth-order valence-corrected chi connectivity index (χ4v) is 0. The molecule has 1 nitrogen and oxygen atoms in total. The first-order valence-electron chi connectivity index (χ1n) is 1.000. The molecule has 1 heteroatoms. The van der Waals surface area contributed by atoms with Crippen molar-refractivity contribution in [2.24, 2.45) is 0 Å². The van der Waals surface area contributed by atoms with Gasteiger partial charge in [-0.2, -0.15) is 0 Å². The van der Waals surface area contributed by atoms with Crippen molar-refractivity contribution >= 4 is 0 Å². The van der Waals surface area contributed by atoms with Crippen LogP contribution in [0.5, 0.6) is 0 Å². The normalized spacial score (nSPS) is 5.25. The van der Waals surface area contributed by atoms with Gasteiger partial charge in [-0.25, -0.2) is 12.7 Å². The summed E-state index contributed by atoms with van der Waals surface area (Å²) in [6.07, 6.45) is 1.31. The smallest absolute Gasteiger partial charge is 0.116 e. The topological polar surface area (TPSA) is 20.2 Å². The van der Waals surface area contributed by atoms with Crippen molar-refractivity contribution in [1.82, 2.24) is 0 Å². The lowest BCUT2D eigenvalue weighted by Crippen LogP contribution is -1.49. The number of hydrogen-bond donors (Lipinski definition) is 1. The van der Waals surface area contributed by atoms with Crippen LogP contribution in [0.15, 0.2) is 12.7 Å². The minimum Gasteiger partial charge on any atom is -0.458 e. The van der Waals surface area contributed by atoms with Crippen molar-refractivity contribution in [3.05, 3.63) is 19.3 Å². The molecule has 0 spiro atoms. The minimum absolute atomic E-state index is 0.889. The van der Waals surface area contributed by atoms with Gasteiger partial charge in [0, 0.05) is 0 Å². The molecule has 0 bridgehead atoms. The molecule has 0 aliphatic carbocycles. The van der Waals surface area contributed by atoms with E-state index in [2.05, 4.69) is 6.58 Å². The summed E-state index contributed by atoms with van der Waals surface area (Å²) in [5, 5.41) is 7.63. The lowest BCUT2D eigenvalue weighted by Gasteiger charge is -1.74. The molecule has 0 saturated heterocycles. The van der Waals surface area contributed by atoms with E-state index in [0.29, 0.717) is 0 Å². The maximum Gasteiger partial charge on any atom is -0.116 e. The molecule has 24 valence electrons. The second-order valence-electron chi connectivity index (χ2n) is 0.385. The Labute approximate surface area is 25.6 Å². The van der Waals surface area contributed by atoms with Crippen LogP contribution in [0.25, 0.3) is 0 Å². The van der Waals surface area contributed by atoms with Crippen LogP contribution >= 0.6 is 0 Å². The summed E-state index contributed by atoms with van der Waals surface area (Å²) in [7, 11) is 0. The molecule has 0 amide bonds. The van der Waals surface area contributed by atoms with Gasteiger partial charge in [0.1, 0.15) is 0 Å². The van der Waals surface area contributed by atoms with Crippen LogP contribution in [0, 0.1) is 6.61 Å². The molecule has 0 unspecified atom stereocenters. The maximum absolute atomic E-state index is 7.63. The Kier molecular flexibility index (Phi) is 2.29. The maximum atomic E-state index is 7.63. The predicted molar refractivity (Wildman–Crippen MR) is 16.4 cm³/mol. The summed E-state index contributed by atoms with van der Waals surface area (Å²) in [6, 6.07) is 0. The fraction of sp³-hybridized carbons (Fsp3) is 0. The number of aliphatic hydroxyl groups is 1. The van der Waals surface area contributed by atoms with Gasteiger partial charge in [-0.05, 0) is 0 Å². The van der Waals surface area contributed by atoms with Crippen molar-refractivity contribution in [2.45, 2.75) is 0 Å². The highest BCUT2D eigenvalue weighted by molar-refractivity contribution is 4.73. The highest BCUT2D eigenvalue weighted by Gasteiger charge is 1.30. The summed E-state index contributed by atoms with van der Waals surface area (Å²) in [6.45, 7) is 4.06. The van der Waals surface area contributed by atoms with Crippen molar-refractivity contribution in [3.8, 4) is 0 Å². The van der Waals surface area contributed by atoms with Crippen LogP contribution in [-0.2, 0) is 0 Å². The SMILES string of the molecule is C=C[CH-]O. The first-order chi connectivity index (χ1) is 1.91. The van der Waals surface area contributed by atoms with E-state index < -0.39 is 0 Å². The van der Waals surface area contributed by atoms with Crippen LogP contribution in [-0.4, -0.2) is 5.11 Å². The Morgan fingerprint density at radius 1 is 2.00 bits per heavy atom. The zero-order chi connectivity index (χ0) is 3.41. The molecule has 0 heterocycles. The van der Waals surface area contributed by atoms with Crippen LogP contribution < -0.4 is 0 Å². The average molecular weight is 57.1 g/mol. The van der Waals surface area contributed by atoms with Gasteiger partial charge in [0.2, 0.25) is 0 Å². The number of hydrogen-bond acceptors (Lipinski definition) is 1. The van der Waals surface area contributed by atoms with E-state index in [0.717, 1.165) is 6.61 Å². The molecule has 0 fully saturated rings. The molecule has 0 atom stereocenters. The van der Waals surface area contributed by atoms with Gasteiger partial charge in [-0.1, -0.05) is 0 Å². The van der Waals surface area contributed by atoms with Gasteiger partial charge in [0.15, 0.2) is 0 Å². The largest absolute Gasteiger partial charge is 0.458 e. The standard InChI is InChI=1S/C3H5O/c1-2-3-4/h2-4H,1H2/q-1. The monoisotopic (exact) mass is 57.0 g/mol. The third-order valence-corrected chi connectivity index (χ3v) is 0.105. The molecule has 0 radical (unpaired) electrons. The van der Waals surface area contributed by atoms with E-state index in [4.69, 9.17) is 5.11 Å². The molecule has 0 aromatic carbocycles. The Balaban J connectivity index is 2.30. The Morgan fingerprint density at radius 2 is 2.25 bits per heavy atom. The van der Waals surface area contributed by atoms with Crippen LogP contribution in [0.2, 0.25) is 0 Å². The fourth-order valence-electron chi connectivity index (χ4n) is 0. The molecule has 0 aliphatic rings. The van der Waals surface area contributed by atoms with E-state index in [1.807, 2.05) is 0 Å². The summed E-state index contributed by atoms with van der Waals surface area (Å²) in [5.74, 6) is 0. The minimum atomic E-state index is 0.889. The zero-order valence-corrected chi connectivity index (χ0v) is 2.31. The molecule has 0 aromatic rings. The molecule has 0 aromatic heterocycles. The Bertz CT molecular complexity index is 17.2. The molecule has 1 N–H and O–H groups in total. The summed E-state index contributed by atoms with van der Waals surface area (Å²) < 4.78 is 0. The van der Waals surface area contributed by atoms with Gasteiger partial charge in [0.25, 0.3) is 0 Å².